The Morgan fingerprint density at radius 3 is 0.769 bits per heavy atom. The van der Waals surface area contributed by atoms with Gasteiger partial charge in [0.05, 0.1) is 0 Å². The Bertz CT molecular complexity index is 1480. The molecular formula is C72H126O6. The highest BCUT2D eigenvalue weighted by atomic mass is 16.6. The maximum absolute atomic E-state index is 12.9. The topological polar surface area (TPSA) is 78.9 Å². The molecular weight excluding hydrogens is 961 g/mol. The third kappa shape index (κ3) is 63.4. The predicted octanol–water partition coefficient (Wildman–Crippen LogP) is 23.1. The van der Waals surface area contributed by atoms with Gasteiger partial charge in [-0.25, -0.2) is 0 Å². The van der Waals surface area contributed by atoms with Gasteiger partial charge in [-0.05, 0) is 70.6 Å². The molecule has 0 aromatic heterocycles. The summed E-state index contributed by atoms with van der Waals surface area (Å²) in [6, 6.07) is 0. The molecule has 6 heteroatoms. The van der Waals surface area contributed by atoms with Crippen LogP contribution < -0.4 is 0 Å². The van der Waals surface area contributed by atoms with E-state index < -0.39 is 6.10 Å². The Balaban J connectivity index is 4.37. The number of allylic oxidation sites excluding steroid dienone is 14. The van der Waals surface area contributed by atoms with Gasteiger partial charge >= 0.3 is 17.9 Å². The first-order valence-corrected chi connectivity index (χ1v) is 33.6. The van der Waals surface area contributed by atoms with Gasteiger partial charge < -0.3 is 14.2 Å². The maximum atomic E-state index is 12.9. The zero-order valence-electron chi connectivity index (χ0n) is 51.7. The molecule has 450 valence electrons. The molecule has 78 heavy (non-hydrogen) atoms. The normalized spacial score (nSPS) is 12.6. The molecule has 0 saturated carbocycles. The van der Waals surface area contributed by atoms with Gasteiger partial charge in [0.25, 0.3) is 0 Å². The van der Waals surface area contributed by atoms with Crippen molar-refractivity contribution in [1.82, 2.24) is 0 Å². The zero-order valence-corrected chi connectivity index (χ0v) is 51.7. The molecule has 0 fully saturated rings. The van der Waals surface area contributed by atoms with Crippen molar-refractivity contribution in [2.75, 3.05) is 13.2 Å². The molecule has 0 bridgehead atoms. The van der Waals surface area contributed by atoms with Crippen molar-refractivity contribution in [2.24, 2.45) is 0 Å². The van der Waals surface area contributed by atoms with Gasteiger partial charge in [0.2, 0.25) is 0 Å². The second-order valence-electron chi connectivity index (χ2n) is 22.4. The lowest BCUT2D eigenvalue weighted by Gasteiger charge is -2.18. The van der Waals surface area contributed by atoms with E-state index in [2.05, 4.69) is 106 Å². The van der Waals surface area contributed by atoms with Crippen LogP contribution in [0.15, 0.2) is 85.1 Å². The molecule has 0 aliphatic heterocycles. The molecule has 0 amide bonds. The summed E-state index contributed by atoms with van der Waals surface area (Å²) < 4.78 is 16.9. The molecule has 0 heterocycles. The minimum atomic E-state index is -0.806. The number of rotatable bonds is 61. The standard InChI is InChI=1S/C72H126O6/c1-4-7-10-13-16-19-22-25-27-29-31-33-35-37-38-40-42-44-47-50-53-56-59-62-65-71(74)77-68-69(67-76-70(73)64-61-58-55-52-49-46-24-21-18-15-12-9-6-3)78-72(75)66-63-60-57-54-51-48-45-43-41-39-36-34-32-30-28-26-23-20-17-14-11-8-5-2/h8,11,17,20,26,28,32,34,39,41,45,48,54,57,69H,4-7,9-10,12-16,18-19,21-25,27,29-31,33,35-38,40,42-44,46-47,49-53,55-56,58-68H2,1-3H3/b11-8-,20-17-,28-26-,34-32-,41-39-,48-45-,57-54-. The highest BCUT2D eigenvalue weighted by Crippen LogP contribution is 2.18. The summed E-state index contributed by atoms with van der Waals surface area (Å²) in [6.45, 7) is 6.53. The summed E-state index contributed by atoms with van der Waals surface area (Å²) in [5.41, 5.74) is 0. The van der Waals surface area contributed by atoms with Gasteiger partial charge in [-0.2, -0.15) is 0 Å². The van der Waals surface area contributed by atoms with Crippen LogP contribution in [0.25, 0.3) is 0 Å². The summed E-state index contributed by atoms with van der Waals surface area (Å²) in [7, 11) is 0. The second-order valence-corrected chi connectivity index (χ2v) is 22.4. The van der Waals surface area contributed by atoms with E-state index in [4.69, 9.17) is 14.2 Å². The van der Waals surface area contributed by atoms with Crippen LogP contribution in [-0.4, -0.2) is 37.2 Å². The van der Waals surface area contributed by atoms with Gasteiger partial charge in [0, 0.05) is 19.3 Å². The summed E-state index contributed by atoms with van der Waals surface area (Å²) >= 11 is 0. The molecule has 0 aromatic rings. The van der Waals surface area contributed by atoms with Crippen LogP contribution in [0, 0.1) is 0 Å². The minimum Gasteiger partial charge on any atom is -0.462 e. The predicted molar refractivity (Wildman–Crippen MR) is 339 cm³/mol. The Morgan fingerprint density at radius 1 is 0.269 bits per heavy atom. The van der Waals surface area contributed by atoms with E-state index in [1.165, 1.54) is 199 Å². The van der Waals surface area contributed by atoms with Crippen LogP contribution in [0.5, 0.6) is 0 Å². The van der Waals surface area contributed by atoms with Crippen molar-refractivity contribution >= 4 is 17.9 Å². The lowest BCUT2D eigenvalue weighted by Crippen LogP contribution is -2.30. The highest BCUT2D eigenvalue weighted by Gasteiger charge is 2.19. The third-order valence-electron chi connectivity index (χ3n) is 14.7. The van der Waals surface area contributed by atoms with Crippen LogP contribution in [0.1, 0.15) is 335 Å². The van der Waals surface area contributed by atoms with Crippen molar-refractivity contribution in [1.29, 1.82) is 0 Å². The van der Waals surface area contributed by atoms with Crippen molar-refractivity contribution in [2.45, 2.75) is 341 Å². The monoisotopic (exact) mass is 1090 g/mol. The number of ether oxygens (including phenoxy) is 3. The Hall–Kier alpha value is -3.41. The lowest BCUT2D eigenvalue weighted by atomic mass is 10.0. The van der Waals surface area contributed by atoms with Crippen molar-refractivity contribution in [3.05, 3.63) is 85.1 Å². The third-order valence-corrected chi connectivity index (χ3v) is 14.7. The fourth-order valence-electron chi connectivity index (χ4n) is 9.67. The van der Waals surface area contributed by atoms with Gasteiger partial charge in [-0.3, -0.25) is 14.4 Å². The quantitative estimate of drug-likeness (QED) is 0.0261. The summed E-state index contributed by atoms with van der Waals surface area (Å²) in [5, 5.41) is 0. The van der Waals surface area contributed by atoms with Crippen molar-refractivity contribution in [3.63, 3.8) is 0 Å². The van der Waals surface area contributed by atoms with Gasteiger partial charge in [-0.1, -0.05) is 331 Å². The van der Waals surface area contributed by atoms with E-state index >= 15 is 0 Å². The summed E-state index contributed by atoms with van der Waals surface area (Å²) in [6.07, 6.45) is 87.5. The molecule has 0 aliphatic rings. The molecule has 6 nitrogen and oxygen atoms in total. The molecule has 0 saturated heterocycles. The molecule has 0 aliphatic carbocycles. The molecule has 1 atom stereocenters. The maximum Gasteiger partial charge on any atom is 0.306 e. The van der Waals surface area contributed by atoms with Gasteiger partial charge in [0.15, 0.2) is 6.10 Å². The molecule has 0 radical (unpaired) electrons. The number of esters is 3. The van der Waals surface area contributed by atoms with E-state index in [0.29, 0.717) is 19.3 Å². The van der Waals surface area contributed by atoms with Gasteiger partial charge in [0.1, 0.15) is 13.2 Å². The first kappa shape index (κ1) is 74.6. The van der Waals surface area contributed by atoms with Crippen molar-refractivity contribution < 1.29 is 28.6 Å². The minimum absolute atomic E-state index is 0.0954. The van der Waals surface area contributed by atoms with E-state index in [-0.39, 0.29) is 37.5 Å². The van der Waals surface area contributed by atoms with E-state index in [1.807, 2.05) is 0 Å². The number of hydrogen-bond acceptors (Lipinski definition) is 6. The largest absolute Gasteiger partial charge is 0.462 e. The lowest BCUT2D eigenvalue weighted by molar-refractivity contribution is -0.167. The van der Waals surface area contributed by atoms with Crippen LogP contribution in [-0.2, 0) is 28.6 Å². The molecule has 1 unspecified atom stereocenters. The number of carbonyl (C=O) groups is 3. The molecule has 0 rings (SSSR count). The van der Waals surface area contributed by atoms with Crippen LogP contribution >= 0.6 is 0 Å². The molecule has 0 N–H and O–H groups in total. The van der Waals surface area contributed by atoms with Crippen LogP contribution in [0.4, 0.5) is 0 Å². The molecule has 0 spiro atoms. The SMILES string of the molecule is CC/C=C\C/C=C\C/C=C\C/C=C\C/C=C\C/C=C\C/C=C\CCCC(=O)OC(COC(=O)CCCCCCCCCCCCCCC)COC(=O)CCCCCCCCCCCCCCCCCCCCCCCCCC. The first-order valence-electron chi connectivity index (χ1n) is 33.6. The first-order chi connectivity index (χ1) is 38.5. The Morgan fingerprint density at radius 2 is 0.500 bits per heavy atom. The van der Waals surface area contributed by atoms with Gasteiger partial charge in [-0.15, -0.1) is 0 Å². The average Bonchev–Trinajstić information content (AvgIpc) is 3.44. The highest BCUT2D eigenvalue weighted by molar-refractivity contribution is 5.71. The fourth-order valence-corrected chi connectivity index (χ4v) is 9.67. The zero-order chi connectivity index (χ0) is 56.4. The van der Waals surface area contributed by atoms with Crippen LogP contribution in [0.2, 0.25) is 0 Å². The Labute approximate surface area is 484 Å². The van der Waals surface area contributed by atoms with Crippen molar-refractivity contribution in [3.8, 4) is 0 Å². The fraction of sp³-hybridized carbons (Fsp3) is 0.764. The van der Waals surface area contributed by atoms with Crippen LogP contribution in [0.3, 0.4) is 0 Å². The second kappa shape index (κ2) is 66.1. The summed E-state index contributed by atoms with van der Waals surface area (Å²) in [5.74, 6) is -0.938. The molecule has 0 aromatic carbocycles. The Kier molecular flexibility index (Phi) is 63.2. The van der Waals surface area contributed by atoms with E-state index in [1.54, 1.807) is 0 Å². The number of unbranched alkanes of at least 4 members (excludes halogenated alkanes) is 36. The average molecular weight is 1090 g/mol. The summed E-state index contributed by atoms with van der Waals surface area (Å²) in [4.78, 5) is 38.3. The van der Waals surface area contributed by atoms with E-state index in [0.717, 1.165) is 89.9 Å². The number of hydrogen-bond donors (Lipinski definition) is 0. The number of carbonyl (C=O) groups excluding carboxylic acids is 3. The van der Waals surface area contributed by atoms with E-state index in [9.17, 15) is 14.4 Å². The smallest absolute Gasteiger partial charge is 0.306 e.